The molecule has 14 heteroatoms. The number of carbonyl (C=O) groups is 1. The first-order chi connectivity index (χ1) is 18.5. The Balaban J connectivity index is 1.91. The number of hydrazone groups is 1. The molecule has 0 atom stereocenters. The van der Waals surface area contributed by atoms with Crippen molar-refractivity contribution in [2.24, 2.45) is 5.10 Å². The largest absolute Gasteiger partial charge is 0.497 e. The molecular weight excluding hydrogens is 527 g/mol. The van der Waals surface area contributed by atoms with Gasteiger partial charge in [-0.3, -0.25) is 14.9 Å². The highest BCUT2D eigenvalue weighted by molar-refractivity contribution is 5.96. The summed E-state index contributed by atoms with van der Waals surface area (Å²) in [4.78, 5) is 23.1. The maximum Gasteiger partial charge on any atom is 0.416 e. The lowest BCUT2D eigenvalue weighted by Gasteiger charge is -2.13. The van der Waals surface area contributed by atoms with Crippen LogP contribution < -0.4 is 29.1 Å². The van der Waals surface area contributed by atoms with Gasteiger partial charge in [0.05, 0.1) is 45.1 Å². The lowest BCUT2D eigenvalue weighted by atomic mass is 10.1. The van der Waals surface area contributed by atoms with Gasteiger partial charge in [0.25, 0.3) is 5.91 Å². The van der Waals surface area contributed by atoms with E-state index < -0.39 is 34.0 Å². The third-order valence-electron chi connectivity index (χ3n) is 5.22. The molecule has 1 N–H and O–H groups in total. The van der Waals surface area contributed by atoms with Crippen LogP contribution in [0, 0.1) is 10.1 Å². The maximum atomic E-state index is 13.0. The van der Waals surface area contributed by atoms with E-state index in [1.54, 1.807) is 0 Å². The molecule has 0 aliphatic rings. The Morgan fingerprint density at radius 1 is 0.897 bits per heavy atom. The Labute approximate surface area is 219 Å². The molecule has 0 radical (unpaired) electrons. The van der Waals surface area contributed by atoms with Gasteiger partial charge in [-0.25, -0.2) is 5.43 Å². The number of carbonyl (C=O) groups excluding carboxylic acids is 1. The number of hydrogen-bond acceptors (Lipinski definition) is 9. The zero-order chi connectivity index (χ0) is 28.7. The minimum Gasteiger partial charge on any atom is -0.497 e. The lowest BCUT2D eigenvalue weighted by Crippen LogP contribution is -2.18. The van der Waals surface area contributed by atoms with Gasteiger partial charge in [-0.1, -0.05) is 0 Å². The minimum atomic E-state index is -4.78. The normalized spacial score (nSPS) is 11.2. The Bertz CT molecular complexity index is 1380. The van der Waals surface area contributed by atoms with Crippen molar-refractivity contribution in [2.75, 3.05) is 28.4 Å². The van der Waals surface area contributed by atoms with Crippen LogP contribution in [0.1, 0.15) is 21.5 Å². The van der Waals surface area contributed by atoms with Crippen molar-refractivity contribution in [3.8, 4) is 34.5 Å². The summed E-state index contributed by atoms with van der Waals surface area (Å²) < 4.78 is 65.5. The van der Waals surface area contributed by atoms with E-state index in [0.717, 1.165) is 6.07 Å². The molecule has 3 rings (SSSR count). The molecule has 0 heterocycles. The number of ether oxygens (including phenoxy) is 5. The SMILES string of the molecule is COc1ccc(Oc2ccc(C(F)(F)F)cc2[N+](=O)[O-])c(/C=N\NC(=O)c2cc(OC)c(OC)c(OC)c2)c1. The van der Waals surface area contributed by atoms with Gasteiger partial charge in [-0.15, -0.1) is 0 Å². The topological polar surface area (TPSA) is 131 Å². The summed E-state index contributed by atoms with van der Waals surface area (Å²) in [6, 6.07) is 9.01. The van der Waals surface area contributed by atoms with Gasteiger partial charge in [0.15, 0.2) is 11.5 Å². The van der Waals surface area contributed by atoms with E-state index in [1.807, 2.05) is 0 Å². The zero-order valence-corrected chi connectivity index (χ0v) is 21.0. The van der Waals surface area contributed by atoms with Gasteiger partial charge >= 0.3 is 11.9 Å². The van der Waals surface area contributed by atoms with Crippen LogP contribution in [-0.4, -0.2) is 45.5 Å². The van der Waals surface area contributed by atoms with Crippen molar-refractivity contribution in [3.63, 3.8) is 0 Å². The summed E-state index contributed by atoms with van der Waals surface area (Å²) in [7, 11) is 5.59. The molecular formula is C25H22F3N3O8. The molecule has 0 spiro atoms. The molecule has 206 valence electrons. The molecule has 0 unspecified atom stereocenters. The minimum absolute atomic E-state index is 0.00977. The molecule has 0 aliphatic heterocycles. The van der Waals surface area contributed by atoms with E-state index in [0.29, 0.717) is 17.9 Å². The van der Waals surface area contributed by atoms with Crippen molar-refractivity contribution in [1.29, 1.82) is 0 Å². The summed E-state index contributed by atoms with van der Waals surface area (Å²) in [6.07, 6.45) is -3.61. The molecule has 0 bridgehead atoms. The maximum absolute atomic E-state index is 13.0. The number of methoxy groups -OCH3 is 4. The van der Waals surface area contributed by atoms with Crippen molar-refractivity contribution < 1.29 is 46.6 Å². The van der Waals surface area contributed by atoms with Crippen LogP contribution in [0.15, 0.2) is 53.6 Å². The molecule has 0 saturated heterocycles. The van der Waals surface area contributed by atoms with Crippen LogP contribution in [0.4, 0.5) is 18.9 Å². The fourth-order valence-corrected chi connectivity index (χ4v) is 3.33. The van der Waals surface area contributed by atoms with Crippen LogP contribution in [0.25, 0.3) is 0 Å². The van der Waals surface area contributed by atoms with Gasteiger partial charge < -0.3 is 23.7 Å². The highest BCUT2D eigenvalue weighted by atomic mass is 19.4. The zero-order valence-electron chi connectivity index (χ0n) is 21.0. The second kappa shape index (κ2) is 12.0. The molecule has 0 aliphatic carbocycles. The number of alkyl halides is 3. The quantitative estimate of drug-likeness (QED) is 0.207. The number of hydrogen-bond donors (Lipinski definition) is 1. The van der Waals surface area contributed by atoms with E-state index in [2.05, 4.69) is 10.5 Å². The molecule has 0 fully saturated rings. The standard InChI is InChI=1S/C25H22F3N3O8/c1-35-17-6-8-19(39-20-7-5-16(25(26,27)28)12-18(20)31(33)34)15(9-17)13-29-30-24(32)14-10-21(36-2)23(38-4)22(11-14)37-3/h5-13H,1-4H3,(H,30,32)/b29-13-. The average molecular weight is 549 g/mol. The number of halogens is 3. The van der Waals surface area contributed by atoms with Gasteiger partial charge in [0.2, 0.25) is 11.5 Å². The van der Waals surface area contributed by atoms with Crippen molar-refractivity contribution in [1.82, 2.24) is 5.43 Å². The summed E-state index contributed by atoms with van der Waals surface area (Å²) in [5, 5.41) is 15.3. The molecule has 3 aromatic carbocycles. The fraction of sp³-hybridized carbons (Fsp3) is 0.200. The van der Waals surface area contributed by atoms with Crippen LogP contribution in [0.3, 0.4) is 0 Å². The molecule has 0 aromatic heterocycles. The van der Waals surface area contributed by atoms with E-state index in [-0.39, 0.29) is 34.1 Å². The van der Waals surface area contributed by atoms with Crippen LogP contribution in [-0.2, 0) is 6.18 Å². The fourth-order valence-electron chi connectivity index (χ4n) is 3.33. The van der Waals surface area contributed by atoms with E-state index in [9.17, 15) is 28.1 Å². The monoisotopic (exact) mass is 549 g/mol. The van der Waals surface area contributed by atoms with Crippen molar-refractivity contribution in [3.05, 3.63) is 75.3 Å². The van der Waals surface area contributed by atoms with E-state index >= 15 is 0 Å². The first-order valence-corrected chi connectivity index (χ1v) is 10.9. The number of nitrogens with zero attached hydrogens (tertiary/aromatic N) is 2. The first-order valence-electron chi connectivity index (χ1n) is 10.9. The Kier molecular flexibility index (Phi) is 8.80. The third-order valence-corrected chi connectivity index (χ3v) is 5.22. The van der Waals surface area contributed by atoms with Gasteiger partial charge in [-0.05, 0) is 42.5 Å². The Morgan fingerprint density at radius 3 is 2.08 bits per heavy atom. The summed E-state index contributed by atoms with van der Waals surface area (Å²) in [5.74, 6) is 0.0328. The summed E-state index contributed by atoms with van der Waals surface area (Å²) in [5.41, 5.74) is 0.545. The number of nitro groups is 1. The van der Waals surface area contributed by atoms with Crippen molar-refractivity contribution in [2.45, 2.75) is 6.18 Å². The second-order valence-electron chi connectivity index (χ2n) is 7.56. The molecule has 3 aromatic rings. The van der Waals surface area contributed by atoms with E-state index in [1.165, 1.54) is 65.0 Å². The van der Waals surface area contributed by atoms with Crippen LogP contribution in [0.5, 0.6) is 34.5 Å². The molecule has 11 nitrogen and oxygen atoms in total. The average Bonchev–Trinajstić information content (AvgIpc) is 2.92. The van der Waals surface area contributed by atoms with Gasteiger partial charge in [-0.2, -0.15) is 18.3 Å². The van der Waals surface area contributed by atoms with Crippen LogP contribution in [0.2, 0.25) is 0 Å². The summed E-state index contributed by atoms with van der Waals surface area (Å²) in [6.45, 7) is 0. The third kappa shape index (κ3) is 6.66. The number of nitro benzene ring substituents is 1. The Hall–Kier alpha value is -5.01. The highest BCUT2D eigenvalue weighted by Crippen LogP contribution is 2.39. The predicted octanol–water partition coefficient (Wildman–Crippen LogP) is 5.20. The van der Waals surface area contributed by atoms with Gasteiger partial charge in [0, 0.05) is 17.2 Å². The van der Waals surface area contributed by atoms with Gasteiger partial charge in [0.1, 0.15) is 11.5 Å². The Morgan fingerprint density at radius 2 is 1.54 bits per heavy atom. The predicted molar refractivity (Wildman–Crippen MR) is 132 cm³/mol. The first kappa shape index (κ1) is 28.6. The lowest BCUT2D eigenvalue weighted by molar-refractivity contribution is -0.385. The van der Waals surface area contributed by atoms with Crippen LogP contribution >= 0.6 is 0 Å². The van der Waals surface area contributed by atoms with Crippen molar-refractivity contribution >= 4 is 17.8 Å². The molecule has 39 heavy (non-hydrogen) atoms. The number of benzene rings is 3. The highest BCUT2D eigenvalue weighted by Gasteiger charge is 2.33. The van der Waals surface area contributed by atoms with E-state index in [4.69, 9.17) is 23.7 Å². The summed E-state index contributed by atoms with van der Waals surface area (Å²) >= 11 is 0. The molecule has 1 amide bonds. The number of rotatable bonds is 10. The number of amides is 1. The second-order valence-corrected chi connectivity index (χ2v) is 7.56. The number of nitrogens with one attached hydrogen (secondary N) is 1. The smallest absolute Gasteiger partial charge is 0.416 e. The molecule has 0 saturated carbocycles.